The number of thiazole rings is 1. The maximum Gasteiger partial charge on any atom is 0.260 e. The molecule has 0 unspecified atom stereocenters. The van der Waals surface area contributed by atoms with Crippen LogP contribution in [0.3, 0.4) is 0 Å². The number of benzene rings is 1. The molecule has 0 atom stereocenters. The number of piperidine rings is 1. The molecule has 0 bridgehead atoms. The number of amides is 1. The molecule has 1 aliphatic rings. The van der Waals surface area contributed by atoms with E-state index in [0.29, 0.717) is 10.9 Å². The number of likely N-dealkylation sites (tertiary alicyclic amines) is 1. The summed E-state index contributed by atoms with van der Waals surface area (Å²) in [5, 5.41) is 0.574. The van der Waals surface area contributed by atoms with Crippen LogP contribution in [0.1, 0.15) is 24.1 Å². The van der Waals surface area contributed by atoms with Gasteiger partial charge in [-0.2, -0.15) is 0 Å². The molecular weight excluding hydrogens is 310 g/mol. The van der Waals surface area contributed by atoms with Gasteiger partial charge in [-0.25, -0.2) is 4.98 Å². The van der Waals surface area contributed by atoms with Gasteiger partial charge in [-0.15, -0.1) is 11.3 Å². The van der Waals surface area contributed by atoms with Crippen molar-refractivity contribution in [2.24, 2.45) is 0 Å². The highest BCUT2D eigenvalue weighted by Crippen LogP contribution is 2.29. The molecule has 1 aliphatic heterocycles. The second kappa shape index (κ2) is 7.00. The number of ether oxygens (including phenoxy) is 1. The molecule has 2 N–H and O–H groups in total. The Labute approximate surface area is 140 Å². The third kappa shape index (κ3) is 3.82. The number of nitrogens with zero attached hydrogens (tertiary/aromatic N) is 2. The van der Waals surface area contributed by atoms with E-state index in [4.69, 9.17) is 10.5 Å². The quantitative estimate of drug-likeness (QED) is 0.935. The highest BCUT2D eigenvalue weighted by Gasteiger charge is 2.16. The van der Waals surface area contributed by atoms with Crippen molar-refractivity contribution in [1.29, 1.82) is 0 Å². The van der Waals surface area contributed by atoms with Crippen molar-refractivity contribution < 1.29 is 9.53 Å². The zero-order chi connectivity index (χ0) is 16.2. The predicted octanol–water partition coefficient (Wildman–Crippen LogP) is 3.09. The van der Waals surface area contributed by atoms with Crippen molar-refractivity contribution in [3.63, 3.8) is 0 Å². The molecule has 5 nitrogen and oxygen atoms in total. The fraction of sp³-hybridized carbons (Fsp3) is 0.412. The summed E-state index contributed by atoms with van der Waals surface area (Å²) in [6.45, 7) is 3.81. The third-order valence-electron chi connectivity index (χ3n) is 4.01. The zero-order valence-electron chi connectivity index (χ0n) is 13.2. The summed E-state index contributed by atoms with van der Waals surface area (Å²) in [6, 6.07) is 7.63. The van der Waals surface area contributed by atoms with Crippen molar-refractivity contribution >= 4 is 22.4 Å². The number of rotatable bonds is 4. The summed E-state index contributed by atoms with van der Waals surface area (Å²) in [7, 11) is 0. The second-order valence-electron chi connectivity index (χ2n) is 5.71. The first-order chi connectivity index (χ1) is 11.1. The highest BCUT2D eigenvalue weighted by molar-refractivity contribution is 7.15. The Balaban J connectivity index is 1.59. The minimum atomic E-state index is 0.0666. The van der Waals surface area contributed by atoms with E-state index in [9.17, 15) is 4.79 Å². The molecule has 1 fully saturated rings. The number of hydrogen-bond acceptors (Lipinski definition) is 5. The van der Waals surface area contributed by atoms with Crippen LogP contribution in [-0.4, -0.2) is 35.5 Å². The van der Waals surface area contributed by atoms with Crippen LogP contribution in [0.15, 0.2) is 24.3 Å². The average Bonchev–Trinajstić information content (AvgIpc) is 2.92. The molecule has 1 aromatic heterocycles. The van der Waals surface area contributed by atoms with Crippen LogP contribution in [-0.2, 0) is 4.79 Å². The standard InChI is InChI=1S/C17H21N3O2S/c1-12-16(19-17(18)23-12)13-5-7-14(8-6-13)22-11-15(21)20-9-3-2-4-10-20/h5-8H,2-4,9-11H2,1H3,(H2,18,19). The summed E-state index contributed by atoms with van der Waals surface area (Å²) in [5.41, 5.74) is 7.65. The number of carbonyl (C=O) groups is 1. The number of hydrogen-bond donors (Lipinski definition) is 1. The molecule has 1 amide bonds. The molecular formula is C17H21N3O2S. The summed E-state index contributed by atoms with van der Waals surface area (Å²) in [4.78, 5) is 19.4. The first-order valence-corrected chi connectivity index (χ1v) is 8.69. The molecule has 0 radical (unpaired) electrons. The molecule has 3 rings (SSSR count). The summed E-state index contributed by atoms with van der Waals surface area (Å²) >= 11 is 1.48. The monoisotopic (exact) mass is 331 g/mol. The number of carbonyl (C=O) groups excluding carboxylic acids is 1. The van der Waals surface area contributed by atoms with Crippen LogP contribution >= 0.6 is 11.3 Å². The number of nitrogen functional groups attached to an aromatic ring is 1. The lowest BCUT2D eigenvalue weighted by atomic mass is 10.1. The van der Waals surface area contributed by atoms with Crippen LogP contribution in [0.25, 0.3) is 11.3 Å². The highest BCUT2D eigenvalue weighted by atomic mass is 32.1. The van der Waals surface area contributed by atoms with Gasteiger partial charge in [0.2, 0.25) is 0 Å². The molecule has 122 valence electrons. The molecule has 0 aliphatic carbocycles. The molecule has 0 saturated carbocycles. The SMILES string of the molecule is Cc1sc(N)nc1-c1ccc(OCC(=O)N2CCCCC2)cc1. The lowest BCUT2D eigenvalue weighted by Crippen LogP contribution is -2.38. The van der Waals surface area contributed by atoms with E-state index in [1.807, 2.05) is 36.1 Å². The van der Waals surface area contributed by atoms with Crippen molar-refractivity contribution in [3.8, 4) is 17.0 Å². The topological polar surface area (TPSA) is 68.5 Å². The molecule has 2 aromatic rings. The van der Waals surface area contributed by atoms with E-state index in [1.54, 1.807) is 0 Å². The largest absolute Gasteiger partial charge is 0.484 e. The van der Waals surface area contributed by atoms with Crippen LogP contribution in [0.4, 0.5) is 5.13 Å². The average molecular weight is 331 g/mol. The number of aromatic nitrogens is 1. The predicted molar refractivity (Wildman–Crippen MR) is 92.6 cm³/mol. The Bertz CT molecular complexity index is 676. The molecule has 6 heteroatoms. The first-order valence-electron chi connectivity index (χ1n) is 7.87. The second-order valence-corrected chi connectivity index (χ2v) is 6.95. The number of anilines is 1. The zero-order valence-corrected chi connectivity index (χ0v) is 14.1. The normalized spacial score (nSPS) is 14.7. The van der Waals surface area contributed by atoms with Crippen molar-refractivity contribution in [3.05, 3.63) is 29.1 Å². The van der Waals surface area contributed by atoms with Crippen LogP contribution < -0.4 is 10.5 Å². The maximum atomic E-state index is 12.1. The van der Waals surface area contributed by atoms with Gasteiger partial charge in [-0.05, 0) is 50.5 Å². The molecule has 0 spiro atoms. The van der Waals surface area contributed by atoms with Gasteiger partial charge in [0, 0.05) is 23.5 Å². The van der Waals surface area contributed by atoms with E-state index in [1.165, 1.54) is 17.8 Å². The molecule has 1 aromatic carbocycles. The molecule has 23 heavy (non-hydrogen) atoms. The van der Waals surface area contributed by atoms with E-state index in [-0.39, 0.29) is 12.5 Å². The van der Waals surface area contributed by atoms with E-state index < -0.39 is 0 Å². The lowest BCUT2D eigenvalue weighted by molar-refractivity contribution is -0.134. The first kappa shape index (κ1) is 15.8. The Morgan fingerprint density at radius 3 is 2.57 bits per heavy atom. The summed E-state index contributed by atoms with van der Waals surface area (Å²) in [6.07, 6.45) is 3.40. The number of nitrogens with two attached hydrogens (primary N) is 1. The summed E-state index contributed by atoms with van der Waals surface area (Å²) in [5.74, 6) is 0.761. The molecule has 2 heterocycles. The van der Waals surface area contributed by atoms with Crippen LogP contribution in [0.2, 0.25) is 0 Å². The maximum absolute atomic E-state index is 12.1. The van der Waals surface area contributed by atoms with Crippen molar-refractivity contribution in [2.45, 2.75) is 26.2 Å². The Morgan fingerprint density at radius 1 is 1.26 bits per heavy atom. The van der Waals surface area contributed by atoms with E-state index in [0.717, 1.165) is 42.1 Å². The fourth-order valence-corrected chi connectivity index (χ4v) is 3.48. The van der Waals surface area contributed by atoms with Gasteiger partial charge in [0.25, 0.3) is 5.91 Å². The Hall–Kier alpha value is -2.08. The summed E-state index contributed by atoms with van der Waals surface area (Å²) < 4.78 is 5.61. The van der Waals surface area contributed by atoms with Gasteiger partial charge in [-0.3, -0.25) is 4.79 Å². The minimum Gasteiger partial charge on any atom is -0.484 e. The van der Waals surface area contributed by atoms with Crippen molar-refractivity contribution in [2.75, 3.05) is 25.4 Å². The minimum absolute atomic E-state index is 0.0666. The molecule has 1 saturated heterocycles. The third-order valence-corrected chi connectivity index (χ3v) is 4.81. The van der Waals surface area contributed by atoms with Gasteiger partial charge in [-0.1, -0.05) is 0 Å². The smallest absolute Gasteiger partial charge is 0.260 e. The lowest BCUT2D eigenvalue weighted by Gasteiger charge is -2.26. The van der Waals surface area contributed by atoms with Gasteiger partial charge < -0.3 is 15.4 Å². The van der Waals surface area contributed by atoms with E-state index in [2.05, 4.69) is 4.98 Å². The van der Waals surface area contributed by atoms with Gasteiger partial charge >= 0.3 is 0 Å². The van der Waals surface area contributed by atoms with Gasteiger partial charge in [0.15, 0.2) is 11.7 Å². The number of aryl methyl sites for hydroxylation is 1. The van der Waals surface area contributed by atoms with Crippen molar-refractivity contribution in [1.82, 2.24) is 9.88 Å². The van der Waals surface area contributed by atoms with Gasteiger partial charge in [0.05, 0.1) is 5.69 Å². The Kier molecular flexibility index (Phi) is 4.81. The van der Waals surface area contributed by atoms with E-state index >= 15 is 0 Å². The van der Waals surface area contributed by atoms with Crippen LogP contribution in [0, 0.1) is 6.92 Å². The van der Waals surface area contributed by atoms with Crippen LogP contribution in [0.5, 0.6) is 5.75 Å². The van der Waals surface area contributed by atoms with Gasteiger partial charge in [0.1, 0.15) is 5.75 Å². The Morgan fingerprint density at radius 2 is 1.96 bits per heavy atom. The fourth-order valence-electron chi connectivity index (χ4n) is 2.77.